The highest BCUT2D eigenvalue weighted by Gasteiger charge is 2.33. The molecule has 0 aliphatic rings. The minimum Gasteiger partial charge on any atom is -0.444 e. The molecule has 13 nitrogen and oxygen atoms in total. The van der Waals surface area contributed by atoms with Crippen molar-refractivity contribution in [3.63, 3.8) is 0 Å². The molecule has 47 heavy (non-hydrogen) atoms. The number of nitrogens with zero attached hydrogens (tertiary/aromatic N) is 2. The maximum Gasteiger partial charge on any atom is 0.408 e. The summed E-state index contributed by atoms with van der Waals surface area (Å²) in [4.78, 5) is 76.2. The summed E-state index contributed by atoms with van der Waals surface area (Å²) < 4.78 is 18.7. The van der Waals surface area contributed by atoms with Crippen LogP contribution in [0.25, 0.3) is 21.8 Å². The number of carbonyl (C=O) groups excluding carboxylic acids is 6. The van der Waals surface area contributed by atoms with Crippen LogP contribution in [0, 0.1) is 0 Å². The topological polar surface area (TPSA) is 164 Å². The molecule has 13 heteroatoms. The van der Waals surface area contributed by atoms with Crippen molar-refractivity contribution in [2.45, 2.75) is 77.7 Å². The smallest absolute Gasteiger partial charge is 0.408 e. The Bertz CT molecular complexity index is 1690. The minimum absolute atomic E-state index is 0.163. The number of ether oxygens (including phenoxy) is 3. The molecule has 0 radical (unpaired) electrons. The molecule has 0 saturated carbocycles. The van der Waals surface area contributed by atoms with Gasteiger partial charge in [-0.25, -0.2) is 19.2 Å². The predicted molar refractivity (Wildman–Crippen MR) is 173 cm³/mol. The van der Waals surface area contributed by atoms with Crippen LogP contribution in [0.5, 0.6) is 0 Å². The molecular weight excluding hydrogens is 608 g/mol. The fourth-order valence-electron chi connectivity index (χ4n) is 5.02. The number of rotatable bonds is 10. The summed E-state index contributed by atoms with van der Waals surface area (Å²) in [5.41, 5.74) is 0.394. The van der Waals surface area contributed by atoms with E-state index in [9.17, 15) is 28.8 Å². The molecule has 0 aliphatic carbocycles. The lowest BCUT2D eigenvalue weighted by atomic mass is 10.0. The van der Waals surface area contributed by atoms with Crippen molar-refractivity contribution in [3.05, 3.63) is 72.1 Å². The number of esters is 2. The van der Waals surface area contributed by atoms with E-state index >= 15 is 0 Å². The number of hydrogen-bond donors (Lipinski definition) is 2. The van der Waals surface area contributed by atoms with Crippen molar-refractivity contribution in [2.75, 3.05) is 0 Å². The van der Waals surface area contributed by atoms with Crippen LogP contribution in [0.15, 0.2) is 60.9 Å². The third kappa shape index (κ3) is 8.84. The molecule has 4 rings (SSSR count). The molecule has 2 atom stereocenters. The average molecular weight is 647 g/mol. The largest absolute Gasteiger partial charge is 0.444 e. The van der Waals surface area contributed by atoms with Crippen molar-refractivity contribution in [2.24, 2.45) is 0 Å². The van der Waals surface area contributed by atoms with Crippen LogP contribution < -0.4 is 10.6 Å². The standard InChI is InChI=1S/C34H38N4O9/c1-33(2,3)46-31(43)35-25(15-21-17-37(19-39)27-13-9-7-11-23(21)27)29(41)45-30(42)26(36-32(44)47-34(4,5)6)16-22-18-38(20-40)28-14-10-8-12-24(22)28/h7-14,17-20,25-26H,15-16H2,1-6H3,(H,35,43)(H,36,44)/t25-,26-/m0/s1. The summed E-state index contributed by atoms with van der Waals surface area (Å²) in [6.45, 7) is 9.89. The van der Waals surface area contributed by atoms with Gasteiger partial charge in [0.25, 0.3) is 0 Å². The van der Waals surface area contributed by atoms with Crippen LogP contribution in [0.1, 0.15) is 52.7 Å². The zero-order valence-corrected chi connectivity index (χ0v) is 27.1. The zero-order valence-electron chi connectivity index (χ0n) is 27.1. The number of nitrogens with one attached hydrogen (secondary N) is 2. The monoisotopic (exact) mass is 646 g/mol. The molecule has 0 unspecified atom stereocenters. The molecule has 2 aromatic carbocycles. The van der Waals surface area contributed by atoms with E-state index in [-0.39, 0.29) is 12.8 Å². The molecule has 4 aromatic rings. The molecule has 2 aromatic heterocycles. The molecule has 0 bridgehead atoms. The Kier molecular flexibility index (Phi) is 10.2. The number of para-hydroxylation sites is 2. The zero-order chi connectivity index (χ0) is 34.5. The van der Waals surface area contributed by atoms with Gasteiger partial charge in [0.15, 0.2) is 0 Å². The lowest BCUT2D eigenvalue weighted by molar-refractivity contribution is -0.162. The van der Waals surface area contributed by atoms with Crippen molar-refractivity contribution in [1.82, 2.24) is 19.8 Å². The number of aromatic nitrogens is 2. The normalized spacial score (nSPS) is 13.0. The lowest BCUT2D eigenvalue weighted by Crippen LogP contribution is -2.49. The molecule has 2 heterocycles. The Balaban J connectivity index is 1.64. The first kappa shape index (κ1) is 34.4. The van der Waals surface area contributed by atoms with Crippen LogP contribution in [0.4, 0.5) is 9.59 Å². The molecule has 0 fully saturated rings. The van der Waals surface area contributed by atoms with Crippen LogP contribution in [0.2, 0.25) is 0 Å². The molecule has 248 valence electrons. The lowest BCUT2D eigenvalue weighted by Gasteiger charge is -2.24. The fourth-order valence-corrected chi connectivity index (χ4v) is 5.02. The second-order valence-electron chi connectivity index (χ2n) is 12.9. The van der Waals surface area contributed by atoms with Gasteiger partial charge in [-0.05, 0) is 64.8 Å². The molecular formula is C34H38N4O9. The number of benzene rings is 2. The number of fused-ring (bicyclic) bond motifs is 2. The third-order valence-electron chi connectivity index (χ3n) is 6.87. The number of hydrogen-bond acceptors (Lipinski definition) is 9. The highest BCUT2D eigenvalue weighted by Crippen LogP contribution is 2.24. The first-order valence-electron chi connectivity index (χ1n) is 14.9. The summed E-state index contributed by atoms with van der Waals surface area (Å²) in [6, 6.07) is 11.1. The number of carbonyl (C=O) groups is 6. The van der Waals surface area contributed by atoms with Gasteiger partial charge < -0.3 is 24.8 Å². The van der Waals surface area contributed by atoms with Crippen molar-refractivity contribution in [1.29, 1.82) is 0 Å². The maximum absolute atomic E-state index is 13.6. The van der Waals surface area contributed by atoms with Gasteiger partial charge in [-0.2, -0.15) is 0 Å². The Hall–Kier alpha value is -5.46. The SMILES string of the molecule is CC(C)(C)OC(=O)N[C@@H](Cc1cn(C=O)c2ccccc12)C(=O)OC(=O)[C@H](Cc1cn(C=O)c2ccccc12)NC(=O)OC(C)(C)C. The van der Waals surface area contributed by atoms with E-state index in [0.29, 0.717) is 45.8 Å². The van der Waals surface area contributed by atoms with E-state index in [1.807, 2.05) is 0 Å². The summed E-state index contributed by atoms with van der Waals surface area (Å²) in [7, 11) is 0. The van der Waals surface area contributed by atoms with E-state index in [1.54, 1.807) is 90.1 Å². The molecule has 0 saturated heterocycles. The van der Waals surface area contributed by atoms with Crippen LogP contribution in [-0.4, -0.2) is 69.4 Å². The van der Waals surface area contributed by atoms with Crippen LogP contribution in [-0.2, 0) is 46.2 Å². The summed E-state index contributed by atoms with van der Waals surface area (Å²) in [5.74, 6) is -2.26. The van der Waals surface area contributed by atoms with Gasteiger partial charge in [0, 0.05) is 36.0 Å². The number of alkyl carbamates (subject to hydrolysis) is 2. The maximum atomic E-state index is 13.6. The highest BCUT2D eigenvalue weighted by molar-refractivity contribution is 5.96. The Morgan fingerprint density at radius 1 is 0.660 bits per heavy atom. The van der Waals surface area contributed by atoms with E-state index in [4.69, 9.17) is 14.2 Å². The van der Waals surface area contributed by atoms with Crippen molar-refractivity contribution >= 4 is 58.8 Å². The van der Waals surface area contributed by atoms with Gasteiger partial charge in [-0.15, -0.1) is 0 Å². The van der Waals surface area contributed by atoms with Gasteiger partial charge in [-0.1, -0.05) is 36.4 Å². The Morgan fingerprint density at radius 3 is 1.36 bits per heavy atom. The molecule has 0 spiro atoms. The van der Waals surface area contributed by atoms with Gasteiger partial charge in [0.1, 0.15) is 23.3 Å². The molecule has 0 aliphatic heterocycles. The van der Waals surface area contributed by atoms with Crippen LogP contribution >= 0.6 is 0 Å². The second kappa shape index (κ2) is 13.9. The van der Waals surface area contributed by atoms with E-state index in [0.717, 1.165) is 0 Å². The highest BCUT2D eigenvalue weighted by atomic mass is 16.6. The van der Waals surface area contributed by atoms with Gasteiger partial charge in [0.2, 0.25) is 12.8 Å². The minimum atomic E-state index is -1.43. The third-order valence-corrected chi connectivity index (χ3v) is 6.87. The van der Waals surface area contributed by atoms with Crippen molar-refractivity contribution < 1.29 is 43.0 Å². The number of amides is 2. The fraction of sp³-hybridized carbons (Fsp3) is 0.353. The van der Waals surface area contributed by atoms with E-state index in [1.165, 1.54) is 21.5 Å². The summed E-state index contributed by atoms with van der Waals surface area (Å²) in [5, 5.41) is 6.24. The summed E-state index contributed by atoms with van der Waals surface area (Å²) in [6.07, 6.45) is 2.07. The molecule has 2 amide bonds. The van der Waals surface area contributed by atoms with Crippen molar-refractivity contribution in [3.8, 4) is 0 Å². The quantitative estimate of drug-likeness (QED) is 0.111. The Labute approximate surface area is 271 Å². The Morgan fingerprint density at radius 2 is 1.02 bits per heavy atom. The van der Waals surface area contributed by atoms with Gasteiger partial charge in [0.05, 0.1) is 11.0 Å². The van der Waals surface area contributed by atoms with E-state index < -0.39 is 47.4 Å². The van der Waals surface area contributed by atoms with E-state index in [2.05, 4.69) is 10.6 Å². The first-order valence-corrected chi connectivity index (χ1v) is 14.9. The summed E-state index contributed by atoms with van der Waals surface area (Å²) >= 11 is 0. The first-order chi connectivity index (χ1) is 22.1. The average Bonchev–Trinajstić information content (AvgIpc) is 3.52. The van der Waals surface area contributed by atoms with Gasteiger partial charge >= 0.3 is 24.1 Å². The molecule has 2 N–H and O–H groups in total. The second-order valence-corrected chi connectivity index (χ2v) is 12.9. The predicted octanol–water partition coefficient (Wildman–Crippen LogP) is 4.31. The van der Waals surface area contributed by atoms with Gasteiger partial charge in [-0.3, -0.25) is 18.7 Å². The van der Waals surface area contributed by atoms with Crippen LogP contribution in [0.3, 0.4) is 0 Å².